The Labute approximate surface area is 115 Å². The van der Waals surface area contributed by atoms with E-state index in [4.69, 9.17) is 4.74 Å². The van der Waals surface area contributed by atoms with Crippen molar-refractivity contribution >= 4 is 5.91 Å². The Morgan fingerprint density at radius 3 is 2.74 bits per heavy atom. The van der Waals surface area contributed by atoms with Crippen LogP contribution in [0.15, 0.2) is 0 Å². The third-order valence-corrected chi connectivity index (χ3v) is 5.28. The van der Waals surface area contributed by atoms with Crippen LogP contribution in [0.2, 0.25) is 0 Å². The molecule has 0 aromatic rings. The van der Waals surface area contributed by atoms with Gasteiger partial charge in [0.2, 0.25) is 5.91 Å². The van der Waals surface area contributed by atoms with Crippen molar-refractivity contribution in [3.8, 4) is 0 Å². The van der Waals surface area contributed by atoms with E-state index < -0.39 is 0 Å². The number of carbonyl (C=O) groups is 1. The topological polar surface area (TPSA) is 42.8 Å². The van der Waals surface area contributed by atoms with Crippen LogP contribution in [-0.2, 0) is 9.53 Å². The highest BCUT2D eigenvalue weighted by Gasteiger charge is 2.42. The first-order valence-corrected chi connectivity index (χ1v) is 8.02. The molecule has 2 N–H and O–H groups in total. The highest BCUT2D eigenvalue weighted by atomic mass is 16.5. The van der Waals surface area contributed by atoms with Crippen LogP contribution in [0.5, 0.6) is 0 Å². The predicted molar refractivity (Wildman–Crippen MR) is 72.9 cm³/mol. The van der Waals surface area contributed by atoms with Gasteiger partial charge in [0.25, 0.3) is 0 Å². The summed E-state index contributed by atoms with van der Waals surface area (Å²) in [7, 11) is 0. The average Bonchev–Trinajstić information content (AvgIpc) is 3.07. The summed E-state index contributed by atoms with van der Waals surface area (Å²) in [6.07, 6.45) is 6.23. The molecule has 1 heterocycles. The SMILES string of the molecule is O=C(NCCC[NH+]1CCOCC1)[C@H]1C[C@@H]2CC[C@@H]1C2. The van der Waals surface area contributed by atoms with Gasteiger partial charge in [0.15, 0.2) is 0 Å². The lowest BCUT2D eigenvalue weighted by atomic mass is 9.88. The number of ether oxygens (including phenoxy) is 1. The standard InChI is InChI=1S/C15H26N2O2/c18-15(14-11-12-2-3-13(14)10-12)16-4-1-5-17-6-8-19-9-7-17/h12-14H,1-11H2,(H,16,18)/p+1/t12-,13-,14+/m1/s1. The number of nitrogens with one attached hydrogen (secondary N) is 2. The zero-order valence-electron chi connectivity index (χ0n) is 11.8. The molecule has 4 nitrogen and oxygen atoms in total. The Morgan fingerprint density at radius 2 is 2.05 bits per heavy atom. The monoisotopic (exact) mass is 267 g/mol. The zero-order chi connectivity index (χ0) is 13.1. The van der Waals surface area contributed by atoms with E-state index in [1.807, 2.05) is 0 Å². The van der Waals surface area contributed by atoms with Crippen LogP contribution in [0.25, 0.3) is 0 Å². The van der Waals surface area contributed by atoms with E-state index in [9.17, 15) is 4.79 Å². The summed E-state index contributed by atoms with van der Waals surface area (Å²) >= 11 is 0. The number of fused-ring (bicyclic) bond motifs is 2. The molecular weight excluding hydrogens is 240 g/mol. The molecule has 2 bridgehead atoms. The van der Waals surface area contributed by atoms with E-state index in [1.165, 1.54) is 25.8 Å². The van der Waals surface area contributed by atoms with Crippen LogP contribution in [0, 0.1) is 17.8 Å². The summed E-state index contributed by atoms with van der Waals surface area (Å²) < 4.78 is 5.35. The van der Waals surface area contributed by atoms with Crippen LogP contribution >= 0.6 is 0 Å². The Hall–Kier alpha value is -0.610. The van der Waals surface area contributed by atoms with E-state index >= 15 is 0 Å². The number of hydrogen-bond donors (Lipinski definition) is 2. The van der Waals surface area contributed by atoms with Crippen molar-refractivity contribution in [2.24, 2.45) is 17.8 Å². The molecule has 2 aliphatic carbocycles. The molecule has 3 atom stereocenters. The quantitative estimate of drug-likeness (QED) is 0.680. The summed E-state index contributed by atoms with van der Waals surface area (Å²) in [5, 5.41) is 3.17. The van der Waals surface area contributed by atoms with Crippen molar-refractivity contribution in [2.75, 3.05) is 39.4 Å². The van der Waals surface area contributed by atoms with Gasteiger partial charge in [-0.1, -0.05) is 6.42 Å². The zero-order valence-corrected chi connectivity index (χ0v) is 11.8. The largest absolute Gasteiger partial charge is 0.370 e. The Bertz CT molecular complexity index is 315. The molecule has 0 aromatic heterocycles. The predicted octanol–water partition coefficient (Wildman–Crippen LogP) is -0.156. The summed E-state index contributed by atoms with van der Waals surface area (Å²) in [5.74, 6) is 2.24. The molecule has 0 radical (unpaired) electrons. The minimum Gasteiger partial charge on any atom is -0.370 e. The fourth-order valence-electron chi connectivity index (χ4n) is 4.16. The summed E-state index contributed by atoms with van der Waals surface area (Å²) in [4.78, 5) is 13.8. The summed E-state index contributed by atoms with van der Waals surface area (Å²) in [6.45, 7) is 6.07. The van der Waals surface area contributed by atoms with E-state index in [2.05, 4.69) is 5.32 Å². The van der Waals surface area contributed by atoms with Crippen molar-refractivity contribution in [1.82, 2.24) is 5.32 Å². The van der Waals surface area contributed by atoms with Gasteiger partial charge in [0, 0.05) is 18.9 Å². The molecule has 1 amide bonds. The third-order valence-electron chi connectivity index (χ3n) is 5.28. The van der Waals surface area contributed by atoms with Crippen molar-refractivity contribution < 1.29 is 14.4 Å². The summed E-state index contributed by atoms with van der Waals surface area (Å²) in [6, 6.07) is 0. The van der Waals surface area contributed by atoms with Gasteiger partial charge in [0.1, 0.15) is 13.1 Å². The molecule has 1 aliphatic heterocycles. The van der Waals surface area contributed by atoms with Crippen molar-refractivity contribution in [1.29, 1.82) is 0 Å². The normalized spacial score (nSPS) is 34.6. The molecule has 3 aliphatic rings. The lowest BCUT2D eigenvalue weighted by Crippen LogP contribution is -3.14. The fourth-order valence-corrected chi connectivity index (χ4v) is 4.16. The molecule has 3 rings (SSSR count). The molecule has 3 fully saturated rings. The van der Waals surface area contributed by atoms with Gasteiger partial charge in [-0.25, -0.2) is 0 Å². The number of rotatable bonds is 5. The molecule has 0 spiro atoms. The van der Waals surface area contributed by atoms with Gasteiger partial charge in [-0.15, -0.1) is 0 Å². The van der Waals surface area contributed by atoms with Crippen molar-refractivity contribution in [2.45, 2.75) is 32.1 Å². The van der Waals surface area contributed by atoms with Gasteiger partial charge < -0.3 is 15.0 Å². The van der Waals surface area contributed by atoms with E-state index in [0.29, 0.717) is 17.7 Å². The molecule has 4 heteroatoms. The minimum atomic E-state index is 0.337. The van der Waals surface area contributed by atoms with Crippen LogP contribution in [-0.4, -0.2) is 45.3 Å². The highest BCUT2D eigenvalue weighted by Crippen LogP contribution is 2.48. The lowest BCUT2D eigenvalue weighted by Gasteiger charge is -2.24. The Balaban J connectivity index is 1.30. The molecule has 1 saturated heterocycles. The first kappa shape index (κ1) is 13.4. The maximum atomic E-state index is 12.1. The van der Waals surface area contributed by atoms with Gasteiger partial charge in [0.05, 0.1) is 19.8 Å². The van der Waals surface area contributed by atoms with Gasteiger partial charge in [-0.05, 0) is 31.1 Å². The summed E-state index contributed by atoms with van der Waals surface area (Å²) in [5.41, 5.74) is 0. The van der Waals surface area contributed by atoms with Gasteiger partial charge in [-0.2, -0.15) is 0 Å². The number of morpholine rings is 1. The first-order valence-electron chi connectivity index (χ1n) is 8.02. The van der Waals surface area contributed by atoms with Gasteiger partial charge >= 0.3 is 0 Å². The molecule has 108 valence electrons. The van der Waals surface area contributed by atoms with Gasteiger partial charge in [-0.3, -0.25) is 4.79 Å². The minimum absolute atomic E-state index is 0.337. The van der Waals surface area contributed by atoms with E-state index in [1.54, 1.807) is 4.90 Å². The smallest absolute Gasteiger partial charge is 0.223 e. The van der Waals surface area contributed by atoms with E-state index in [-0.39, 0.29) is 0 Å². The molecular formula is C15H27N2O2+. The highest BCUT2D eigenvalue weighted by molar-refractivity contribution is 5.79. The van der Waals surface area contributed by atoms with Crippen molar-refractivity contribution in [3.63, 3.8) is 0 Å². The maximum absolute atomic E-state index is 12.1. The second kappa shape index (κ2) is 6.23. The Kier molecular flexibility index (Phi) is 4.38. The number of quaternary nitrogens is 1. The second-order valence-corrected chi connectivity index (χ2v) is 6.54. The first-order chi connectivity index (χ1) is 9.33. The van der Waals surface area contributed by atoms with Crippen molar-refractivity contribution in [3.05, 3.63) is 0 Å². The van der Waals surface area contributed by atoms with Crippen LogP contribution in [0.1, 0.15) is 32.1 Å². The average molecular weight is 267 g/mol. The fraction of sp³-hybridized carbons (Fsp3) is 0.933. The Morgan fingerprint density at radius 1 is 1.21 bits per heavy atom. The number of hydrogen-bond acceptors (Lipinski definition) is 2. The van der Waals surface area contributed by atoms with Crippen LogP contribution < -0.4 is 10.2 Å². The van der Waals surface area contributed by atoms with E-state index in [0.717, 1.165) is 51.6 Å². The molecule has 2 saturated carbocycles. The molecule has 19 heavy (non-hydrogen) atoms. The lowest BCUT2D eigenvalue weighted by molar-refractivity contribution is -0.908. The molecule has 0 unspecified atom stereocenters. The van der Waals surface area contributed by atoms with Crippen LogP contribution in [0.4, 0.5) is 0 Å². The van der Waals surface area contributed by atoms with Crippen LogP contribution in [0.3, 0.4) is 0 Å². The molecule has 0 aromatic carbocycles. The number of carbonyl (C=O) groups excluding carboxylic acids is 1. The second-order valence-electron chi connectivity index (χ2n) is 6.54. The number of amides is 1. The maximum Gasteiger partial charge on any atom is 0.223 e. The third kappa shape index (κ3) is 3.29.